The smallest absolute Gasteiger partial charge is 0.184 e. The summed E-state index contributed by atoms with van der Waals surface area (Å²) in [4.78, 5) is 4.77. The summed E-state index contributed by atoms with van der Waals surface area (Å²) in [6.07, 6.45) is 29.4. The number of hydrogen-bond acceptors (Lipinski definition) is 2. The van der Waals surface area contributed by atoms with Crippen LogP contribution in [0.4, 0.5) is 0 Å². The Morgan fingerprint density at radius 1 is 0.552 bits per heavy atom. The maximum absolute atomic E-state index is 6.00. The summed E-state index contributed by atoms with van der Waals surface area (Å²) in [5.41, 5.74) is 0. The normalized spacial score (nSPS) is 18.8. The Labute approximate surface area is 183 Å². The third kappa shape index (κ3) is 14.2. The average Bonchev–Trinajstić information content (AvgIpc) is 3.15. The van der Waals surface area contributed by atoms with Gasteiger partial charge >= 0.3 is 0 Å². The molecule has 2 nitrogen and oxygen atoms in total. The van der Waals surface area contributed by atoms with Crippen LogP contribution >= 0.6 is 0 Å². The lowest BCUT2D eigenvalue weighted by atomic mass is 10.0. The van der Waals surface area contributed by atoms with E-state index in [1.165, 1.54) is 116 Å². The molecule has 0 amide bonds. The zero-order valence-electron chi connectivity index (χ0n) is 20.4. The quantitative estimate of drug-likeness (QED) is 0.174. The highest BCUT2D eigenvalue weighted by atomic mass is 16.5. The second-order valence-corrected chi connectivity index (χ2v) is 9.32. The van der Waals surface area contributed by atoms with E-state index < -0.39 is 0 Å². The van der Waals surface area contributed by atoms with Crippen molar-refractivity contribution in [3.8, 4) is 0 Å². The lowest BCUT2D eigenvalue weighted by Crippen LogP contribution is -2.20. The van der Waals surface area contributed by atoms with Crippen LogP contribution in [-0.4, -0.2) is 18.0 Å². The van der Waals surface area contributed by atoms with Crippen molar-refractivity contribution in [1.82, 2.24) is 0 Å². The van der Waals surface area contributed by atoms with Crippen molar-refractivity contribution in [2.75, 3.05) is 0 Å². The second-order valence-electron chi connectivity index (χ2n) is 9.32. The molecule has 1 aliphatic rings. The maximum Gasteiger partial charge on any atom is 0.184 e. The van der Waals surface area contributed by atoms with Gasteiger partial charge < -0.3 is 4.74 Å². The molecule has 0 spiro atoms. The molecule has 0 saturated carbocycles. The topological polar surface area (TPSA) is 21.6 Å². The highest BCUT2D eigenvalue weighted by Crippen LogP contribution is 2.22. The van der Waals surface area contributed by atoms with E-state index in [0.29, 0.717) is 12.1 Å². The second kappa shape index (κ2) is 19.4. The van der Waals surface area contributed by atoms with E-state index >= 15 is 0 Å². The molecule has 0 radical (unpaired) electrons. The predicted octanol–water partition coefficient (Wildman–Crippen LogP) is 9.40. The highest BCUT2D eigenvalue weighted by Gasteiger charge is 2.27. The summed E-state index contributed by atoms with van der Waals surface area (Å²) < 4.78 is 6.00. The molecular weight excluding hydrogens is 354 g/mol. The standard InChI is InChI=1S/C27H53NO/c1-4-7-8-9-10-11-12-13-14-15-16-17-18-19-20-21-22-23-24-27-28-25(5-2)26(6-3)29-27/h25-26H,4-24H2,1-3H3. The third-order valence-electron chi connectivity index (χ3n) is 6.59. The minimum absolute atomic E-state index is 0.352. The summed E-state index contributed by atoms with van der Waals surface area (Å²) in [5.74, 6) is 1.04. The van der Waals surface area contributed by atoms with Crippen LogP contribution in [0.5, 0.6) is 0 Å². The van der Waals surface area contributed by atoms with Crippen molar-refractivity contribution in [3.05, 3.63) is 0 Å². The lowest BCUT2D eigenvalue weighted by molar-refractivity contribution is 0.180. The van der Waals surface area contributed by atoms with E-state index in [-0.39, 0.29) is 0 Å². The first-order valence-electron chi connectivity index (χ1n) is 13.5. The van der Waals surface area contributed by atoms with Crippen molar-refractivity contribution in [3.63, 3.8) is 0 Å². The van der Waals surface area contributed by atoms with Gasteiger partial charge in [0.25, 0.3) is 0 Å². The molecule has 1 aliphatic heterocycles. The van der Waals surface area contributed by atoms with E-state index in [4.69, 9.17) is 9.73 Å². The Kier molecular flexibility index (Phi) is 17.8. The molecule has 2 heteroatoms. The monoisotopic (exact) mass is 407 g/mol. The van der Waals surface area contributed by atoms with Crippen LogP contribution in [0.25, 0.3) is 0 Å². The number of ether oxygens (including phenoxy) is 1. The molecule has 0 aromatic heterocycles. The van der Waals surface area contributed by atoms with Crippen molar-refractivity contribution in [1.29, 1.82) is 0 Å². The lowest BCUT2D eigenvalue weighted by Gasteiger charge is -2.13. The Hall–Kier alpha value is -0.530. The van der Waals surface area contributed by atoms with E-state index in [2.05, 4.69) is 20.8 Å². The number of hydrogen-bond donors (Lipinski definition) is 0. The average molecular weight is 408 g/mol. The molecule has 0 fully saturated rings. The van der Waals surface area contributed by atoms with Crippen LogP contribution in [0.3, 0.4) is 0 Å². The van der Waals surface area contributed by atoms with Gasteiger partial charge in [0.05, 0.1) is 6.04 Å². The molecule has 172 valence electrons. The molecule has 0 saturated heterocycles. The SMILES string of the molecule is CCCCCCCCCCCCCCCCCCCCC1=NC(CC)C(CC)O1. The van der Waals surface area contributed by atoms with Crippen LogP contribution in [-0.2, 0) is 4.74 Å². The molecule has 0 aromatic rings. The highest BCUT2D eigenvalue weighted by molar-refractivity contribution is 5.78. The zero-order chi connectivity index (χ0) is 21.0. The van der Waals surface area contributed by atoms with Gasteiger partial charge in [-0.3, -0.25) is 0 Å². The van der Waals surface area contributed by atoms with Crippen LogP contribution in [0.15, 0.2) is 4.99 Å². The zero-order valence-corrected chi connectivity index (χ0v) is 20.4. The largest absolute Gasteiger partial charge is 0.475 e. The van der Waals surface area contributed by atoms with Crippen LogP contribution in [0, 0.1) is 0 Å². The van der Waals surface area contributed by atoms with E-state index in [0.717, 1.165) is 25.2 Å². The van der Waals surface area contributed by atoms with Crippen molar-refractivity contribution >= 4 is 5.90 Å². The third-order valence-corrected chi connectivity index (χ3v) is 6.59. The Morgan fingerprint density at radius 2 is 0.966 bits per heavy atom. The van der Waals surface area contributed by atoms with Gasteiger partial charge in [-0.25, -0.2) is 4.99 Å². The van der Waals surface area contributed by atoms with Gasteiger partial charge in [-0.2, -0.15) is 0 Å². The van der Waals surface area contributed by atoms with Crippen molar-refractivity contribution in [2.24, 2.45) is 4.99 Å². The van der Waals surface area contributed by atoms with E-state index in [1.807, 2.05) is 0 Å². The van der Waals surface area contributed by atoms with Gasteiger partial charge in [0.2, 0.25) is 0 Å². The Bertz CT molecular complexity index is 379. The summed E-state index contributed by atoms with van der Waals surface area (Å²) in [6, 6.07) is 0.422. The minimum Gasteiger partial charge on any atom is -0.475 e. The first-order chi connectivity index (χ1) is 14.3. The van der Waals surface area contributed by atoms with Crippen LogP contribution in [0.1, 0.15) is 156 Å². The van der Waals surface area contributed by atoms with Crippen molar-refractivity contribution < 1.29 is 4.74 Å². The molecule has 29 heavy (non-hydrogen) atoms. The van der Waals surface area contributed by atoms with E-state index in [1.54, 1.807) is 0 Å². The van der Waals surface area contributed by atoms with E-state index in [9.17, 15) is 0 Å². The van der Waals surface area contributed by atoms with Gasteiger partial charge in [0.1, 0.15) is 6.10 Å². The first kappa shape index (κ1) is 26.5. The van der Waals surface area contributed by atoms with Gasteiger partial charge in [0.15, 0.2) is 5.90 Å². The molecular formula is C27H53NO. The summed E-state index contributed by atoms with van der Waals surface area (Å²) >= 11 is 0. The Balaban J connectivity index is 1.75. The molecule has 0 N–H and O–H groups in total. The number of aliphatic imine (C=N–C) groups is 1. The van der Waals surface area contributed by atoms with Crippen LogP contribution < -0.4 is 0 Å². The van der Waals surface area contributed by atoms with Gasteiger partial charge in [-0.1, -0.05) is 130 Å². The summed E-state index contributed by atoms with van der Waals surface area (Å²) in [6.45, 7) is 6.73. The van der Waals surface area contributed by atoms with Gasteiger partial charge in [-0.15, -0.1) is 0 Å². The van der Waals surface area contributed by atoms with Crippen molar-refractivity contribution in [2.45, 2.75) is 168 Å². The fraction of sp³-hybridized carbons (Fsp3) is 0.963. The Morgan fingerprint density at radius 3 is 1.31 bits per heavy atom. The number of rotatable bonds is 21. The molecule has 2 atom stereocenters. The first-order valence-corrected chi connectivity index (χ1v) is 13.5. The summed E-state index contributed by atoms with van der Waals surface area (Å²) in [5, 5.41) is 0. The fourth-order valence-corrected chi connectivity index (χ4v) is 4.56. The van der Waals surface area contributed by atoms with Gasteiger partial charge in [0, 0.05) is 6.42 Å². The summed E-state index contributed by atoms with van der Waals surface area (Å²) in [7, 11) is 0. The molecule has 1 heterocycles. The molecule has 0 aliphatic carbocycles. The molecule has 0 bridgehead atoms. The van der Waals surface area contributed by atoms with Gasteiger partial charge in [-0.05, 0) is 19.3 Å². The minimum atomic E-state index is 0.352. The number of unbranched alkanes of at least 4 members (excludes halogenated alkanes) is 17. The molecule has 2 unspecified atom stereocenters. The number of nitrogens with zero attached hydrogens (tertiary/aromatic N) is 1. The van der Waals surface area contributed by atoms with Crippen LogP contribution in [0.2, 0.25) is 0 Å². The molecule has 0 aromatic carbocycles. The molecule has 1 rings (SSSR count). The predicted molar refractivity (Wildman–Crippen MR) is 130 cm³/mol. The maximum atomic E-state index is 6.00. The fourth-order valence-electron chi connectivity index (χ4n) is 4.56.